The van der Waals surface area contributed by atoms with E-state index in [9.17, 15) is 14.7 Å². The summed E-state index contributed by atoms with van der Waals surface area (Å²) in [6.45, 7) is 11.9. The molecule has 7 unspecified atom stereocenters. The highest BCUT2D eigenvalue weighted by Crippen LogP contribution is 2.73. The van der Waals surface area contributed by atoms with Gasteiger partial charge in [0.1, 0.15) is 0 Å². The summed E-state index contributed by atoms with van der Waals surface area (Å²) in [5.74, 6) is 0.949. The van der Waals surface area contributed by atoms with Crippen LogP contribution in [-0.4, -0.2) is 23.0 Å². The molecule has 29 heavy (non-hydrogen) atoms. The van der Waals surface area contributed by atoms with Crippen molar-refractivity contribution in [2.45, 2.75) is 92.1 Å². The smallest absolute Gasteiger partial charge is 0.255 e. The first-order valence-electron chi connectivity index (χ1n) is 11.7. The molecule has 0 aromatic carbocycles. The molecule has 3 fully saturated rings. The van der Waals surface area contributed by atoms with E-state index in [0.29, 0.717) is 34.8 Å². The molecule has 0 spiro atoms. The molecule has 0 saturated heterocycles. The molecule has 4 heteroatoms. The van der Waals surface area contributed by atoms with E-state index in [1.165, 1.54) is 32.1 Å². The van der Waals surface area contributed by atoms with Crippen molar-refractivity contribution in [3.63, 3.8) is 0 Å². The first-order chi connectivity index (χ1) is 13.5. The van der Waals surface area contributed by atoms with Crippen LogP contribution < -0.4 is 5.32 Å². The van der Waals surface area contributed by atoms with Crippen LogP contribution in [0.2, 0.25) is 0 Å². The Morgan fingerprint density at radius 1 is 0.862 bits per heavy atom. The molecular weight excluding hydrogens is 362 g/mol. The molecule has 4 aliphatic carbocycles. The Labute approximate surface area is 174 Å². The van der Waals surface area contributed by atoms with Crippen molar-refractivity contribution in [1.29, 1.82) is 0 Å². The molecule has 0 bridgehead atoms. The number of hydrogen-bond donors (Lipinski definition) is 2. The van der Waals surface area contributed by atoms with Crippen LogP contribution >= 0.6 is 0 Å². The molecule has 1 aliphatic heterocycles. The number of aliphatic hydroxyl groups excluding tert-OH is 1. The van der Waals surface area contributed by atoms with Gasteiger partial charge in [0.15, 0.2) is 0 Å². The van der Waals surface area contributed by atoms with E-state index in [1.54, 1.807) is 0 Å². The fourth-order valence-electron chi connectivity index (χ4n) is 9.59. The van der Waals surface area contributed by atoms with Crippen LogP contribution in [0.25, 0.3) is 0 Å². The van der Waals surface area contributed by atoms with Crippen LogP contribution in [0.3, 0.4) is 0 Å². The van der Waals surface area contributed by atoms with Gasteiger partial charge in [-0.3, -0.25) is 14.9 Å². The minimum Gasteiger partial charge on any atom is -0.392 e. The van der Waals surface area contributed by atoms with E-state index in [-0.39, 0.29) is 28.6 Å². The third-order valence-electron chi connectivity index (χ3n) is 10.8. The van der Waals surface area contributed by atoms with E-state index in [1.807, 2.05) is 0 Å². The summed E-state index contributed by atoms with van der Waals surface area (Å²) < 4.78 is 0. The lowest BCUT2D eigenvalue weighted by Gasteiger charge is -2.69. The van der Waals surface area contributed by atoms with Gasteiger partial charge >= 0.3 is 0 Å². The average molecular weight is 400 g/mol. The lowest BCUT2D eigenvalue weighted by Crippen LogP contribution is -2.65. The largest absolute Gasteiger partial charge is 0.392 e. The van der Waals surface area contributed by atoms with Crippen molar-refractivity contribution in [2.75, 3.05) is 0 Å². The van der Waals surface area contributed by atoms with E-state index in [0.717, 1.165) is 12.8 Å². The van der Waals surface area contributed by atoms with Crippen molar-refractivity contribution in [3.8, 4) is 0 Å². The number of hydrogen-bond acceptors (Lipinski definition) is 3. The van der Waals surface area contributed by atoms with Crippen molar-refractivity contribution in [3.05, 3.63) is 11.1 Å². The molecule has 1 heterocycles. The van der Waals surface area contributed by atoms with Gasteiger partial charge in [-0.25, -0.2) is 0 Å². The highest BCUT2D eigenvalue weighted by atomic mass is 16.3. The standard InChI is InChI=1S/C25H37NO3/c1-22(2)10-6-11-23(3)15(22)9-12-24(4)16-8-7-14-19(21(29)26-20(14)28)25(16,5)18(27)13-17(23)24/h15-18,27H,6-13H2,1-5H3,(H,26,28,29). The van der Waals surface area contributed by atoms with Crippen LogP contribution in [0.1, 0.15) is 86.0 Å². The number of carbonyl (C=O) groups excluding carboxylic acids is 2. The van der Waals surface area contributed by atoms with Gasteiger partial charge in [0.25, 0.3) is 11.8 Å². The number of imide groups is 1. The van der Waals surface area contributed by atoms with E-state index < -0.39 is 11.5 Å². The molecule has 5 aliphatic rings. The zero-order valence-electron chi connectivity index (χ0n) is 18.7. The second-order valence-electron chi connectivity index (χ2n) is 12.3. The molecule has 160 valence electrons. The Kier molecular flexibility index (Phi) is 3.92. The van der Waals surface area contributed by atoms with Gasteiger partial charge in [0, 0.05) is 16.6 Å². The molecule has 4 nitrogen and oxygen atoms in total. The fraction of sp³-hybridized carbons (Fsp3) is 0.840. The summed E-state index contributed by atoms with van der Waals surface area (Å²) in [7, 11) is 0. The lowest BCUT2D eigenvalue weighted by molar-refractivity contribution is -0.217. The number of nitrogens with one attached hydrogen (secondary N) is 1. The molecule has 0 radical (unpaired) electrons. The third-order valence-corrected chi connectivity index (χ3v) is 10.8. The number of carbonyl (C=O) groups is 2. The second kappa shape index (κ2) is 5.75. The number of amides is 2. The van der Waals surface area contributed by atoms with Gasteiger partial charge in [-0.2, -0.15) is 0 Å². The van der Waals surface area contributed by atoms with Crippen LogP contribution in [0, 0.1) is 39.4 Å². The Hall–Kier alpha value is -1.16. The molecule has 3 saturated carbocycles. The summed E-state index contributed by atoms with van der Waals surface area (Å²) >= 11 is 0. The molecule has 0 aromatic heterocycles. The highest BCUT2D eigenvalue weighted by Gasteiger charge is 2.68. The average Bonchev–Trinajstić information content (AvgIpc) is 2.91. The van der Waals surface area contributed by atoms with Crippen molar-refractivity contribution in [1.82, 2.24) is 5.32 Å². The minimum absolute atomic E-state index is 0.108. The molecular formula is C25H37NO3. The predicted molar refractivity (Wildman–Crippen MR) is 112 cm³/mol. The zero-order valence-corrected chi connectivity index (χ0v) is 18.7. The summed E-state index contributed by atoms with van der Waals surface area (Å²) in [5, 5.41) is 14.1. The third kappa shape index (κ3) is 2.25. The maximum atomic E-state index is 12.8. The minimum atomic E-state index is -0.609. The number of rotatable bonds is 0. The zero-order chi connectivity index (χ0) is 21.0. The molecule has 2 N–H and O–H groups in total. The van der Waals surface area contributed by atoms with E-state index >= 15 is 0 Å². The lowest BCUT2D eigenvalue weighted by atomic mass is 9.35. The first kappa shape index (κ1) is 19.8. The molecule has 5 rings (SSSR count). The maximum absolute atomic E-state index is 12.8. The highest BCUT2D eigenvalue weighted by molar-refractivity contribution is 6.20. The van der Waals surface area contributed by atoms with Crippen LogP contribution in [0.5, 0.6) is 0 Å². The summed E-state index contributed by atoms with van der Waals surface area (Å²) in [4.78, 5) is 25.1. The predicted octanol–water partition coefficient (Wildman–Crippen LogP) is 4.37. The Morgan fingerprint density at radius 2 is 1.55 bits per heavy atom. The summed E-state index contributed by atoms with van der Waals surface area (Å²) in [6.07, 6.45) is 8.03. The van der Waals surface area contributed by atoms with Crippen molar-refractivity contribution in [2.24, 2.45) is 39.4 Å². The fourth-order valence-corrected chi connectivity index (χ4v) is 9.59. The monoisotopic (exact) mass is 399 g/mol. The van der Waals surface area contributed by atoms with Crippen LogP contribution in [0.4, 0.5) is 0 Å². The first-order valence-corrected chi connectivity index (χ1v) is 11.7. The SMILES string of the molecule is CC1(C)CCCC2(C)C1CCC1(C)C2CC(O)C2(C)C3=C(CCC12)C(=O)NC3=O. The molecule has 7 atom stereocenters. The van der Waals surface area contributed by atoms with Crippen LogP contribution in [0.15, 0.2) is 11.1 Å². The van der Waals surface area contributed by atoms with Gasteiger partial charge in [-0.05, 0) is 78.9 Å². The van der Waals surface area contributed by atoms with Gasteiger partial charge in [-0.1, -0.05) is 41.0 Å². The number of aliphatic hydroxyl groups is 1. The van der Waals surface area contributed by atoms with Gasteiger partial charge < -0.3 is 5.11 Å². The van der Waals surface area contributed by atoms with Crippen LogP contribution in [-0.2, 0) is 9.59 Å². The molecule has 2 amide bonds. The summed E-state index contributed by atoms with van der Waals surface area (Å²) in [5.41, 5.74) is 1.37. The van der Waals surface area contributed by atoms with E-state index in [4.69, 9.17) is 0 Å². The van der Waals surface area contributed by atoms with Gasteiger partial charge in [-0.15, -0.1) is 0 Å². The second-order valence-corrected chi connectivity index (χ2v) is 12.3. The Bertz CT molecular complexity index is 828. The van der Waals surface area contributed by atoms with Gasteiger partial charge in [0.2, 0.25) is 0 Å². The number of fused-ring (bicyclic) bond motifs is 6. The van der Waals surface area contributed by atoms with Gasteiger partial charge in [0.05, 0.1) is 6.10 Å². The van der Waals surface area contributed by atoms with E-state index in [2.05, 4.69) is 39.9 Å². The molecule has 0 aromatic rings. The quantitative estimate of drug-likeness (QED) is 0.595. The Morgan fingerprint density at radius 3 is 2.28 bits per heavy atom. The van der Waals surface area contributed by atoms with Crippen molar-refractivity contribution >= 4 is 11.8 Å². The maximum Gasteiger partial charge on any atom is 0.255 e. The Balaban J connectivity index is 1.61. The topological polar surface area (TPSA) is 66.4 Å². The summed E-state index contributed by atoms with van der Waals surface area (Å²) in [6, 6.07) is 0. The normalized spacial score (nSPS) is 51.0. The van der Waals surface area contributed by atoms with Crippen molar-refractivity contribution < 1.29 is 14.7 Å².